The van der Waals surface area contributed by atoms with Gasteiger partial charge in [-0.2, -0.15) is 5.10 Å². The quantitative estimate of drug-likeness (QED) is 0.153. The molecule has 2 fully saturated rings. The van der Waals surface area contributed by atoms with Gasteiger partial charge in [0, 0.05) is 30.8 Å². The molecular formula is C32H41N5O3. The van der Waals surface area contributed by atoms with Crippen molar-refractivity contribution in [2.75, 3.05) is 14.2 Å². The molecule has 0 spiro atoms. The van der Waals surface area contributed by atoms with Crippen LogP contribution in [0.3, 0.4) is 0 Å². The van der Waals surface area contributed by atoms with Crippen molar-refractivity contribution in [1.82, 2.24) is 14.8 Å². The SMILES string of the molecule is COC(=O)c1cnn(-c2cccc(-c3cccc(OC(C)C4CCCCCC4)c3)c2)c1C1C[C@H]1/C(N)=C/N(C)N. The highest BCUT2D eigenvalue weighted by molar-refractivity contribution is 5.91. The Bertz CT molecular complexity index is 1360. The number of methoxy groups -OCH3 is 1. The van der Waals surface area contributed by atoms with Crippen LogP contribution in [0.2, 0.25) is 0 Å². The van der Waals surface area contributed by atoms with Gasteiger partial charge < -0.3 is 20.2 Å². The molecule has 0 saturated heterocycles. The number of allylic oxidation sites excluding steroid dienone is 1. The van der Waals surface area contributed by atoms with E-state index in [-0.39, 0.29) is 17.9 Å². The molecule has 3 aromatic rings. The summed E-state index contributed by atoms with van der Waals surface area (Å²) in [4.78, 5) is 12.6. The Morgan fingerprint density at radius 2 is 1.80 bits per heavy atom. The van der Waals surface area contributed by atoms with Crippen LogP contribution in [-0.4, -0.2) is 41.0 Å². The molecule has 0 radical (unpaired) electrons. The molecule has 212 valence electrons. The largest absolute Gasteiger partial charge is 0.490 e. The third-order valence-electron chi connectivity index (χ3n) is 8.28. The molecule has 1 heterocycles. The van der Waals surface area contributed by atoms with Crippen LogP contribution < -0.4 is 16.3 Å². The first kappa shape index (κ1) is 27.8. The van der Waals surface area contributed by atoms with Crippen LogP contribution >= 0.6 is 0 Å². The summed E-state index contributed by atoms with van der Waals surface area (Å²) in [6.45, 7) is 2.21. The molecule has 0 aliphatic heterocycles. The number of carbonyl (C=O) groups is 1. The minimum Gasteiger partial charge on any atom is -0.490 e. The van der Waals surface area contributed by atoms with E-state index in [0.29, 0.717) is 17.2 Å². The zero-order valence-electron chi connectivity index (χ0n) is 23.8. The molecule has 5 rings (SSSR count). The summed E-state index contributed by atoms with van der Waals surface area (Å²) in [6.07, 6.45) is 12.1. The second kappa shape index (κ2) is 12.2. The minimum atomic E-state index is -0.408. The highest BCUT2D eigenvalue weighted by atomic mass is 16.5. The van der Waals surface area contributed by atoms with Gasteiger partial charge in [-0.25, -0.2) is 15.3 Å². The Morgan fingerprint density at radius 3 is 2.50 bits per heavy atom. The maximum Gasteiger partial charge on any atom is 0.341 e. The van der Waals surface area contributed by atoms with Crippen molar-refractivity contribution in [2.45, 2.75) is 63.9 Å². The van der Waals surface area contributed by atoms with E-state index in [1.165, 1.54) is 50.6 Å². The molecule has 2 aliphatic rings. The Balaban J connectivity index is 1.41. The Morgan fingerprint density at radius 1 is 1.10 bits per heavy atom. The number of ether oxygens (including phenoxy) is 2. The average molecular weight is 544 g/mol. The van der Waals surface area contributed by atoms with E-state index in [0.717, 1.165) is 34.7 Å². The number of hydrogen-bond donors (Lipinski definition) is 2. The fraction of sp³-hybridized carbons (Fsp3) is 0.438. The predicted octanol–water partition coefficient (Wildman–Crippen LogP) is 5.77. The van der Waals surface area contributed by atoms with Crippen molar-refractivity contribution in [3.8, 4) is 22.6 Å². The van der Waals surface area contributed by atoms with Gasteiger partial charge in [0.25, 0.3) is 0 Å². The summed E-state index contributed by atoms with van der Waals surface area (Å²) < 4.78 is 13.4. The predicted molar refractivity (Wildman–Crippen MR) is 157 cm³/mol. The van der Waals surface area contributed by atoms with E-state index in [4.69, 9.17) is 21.1 Å². The second-order valence-corrected chi connectivity index (χ2v) is 11.2. The van der Waals surface area contributed by atoms with Gasteiger partial charge in [0.15, 0.2) is 0 Å². The van der Waals surface area contributed by atoms with Crippen molar-refractivity contribution in [3.05, 3.63) is 77.9 Å². The van der Waals surface area contributed by atoms with E-state index in [9.17, 15) is 4.79 Å². The first-order valence-corrected chi connectivity index (χ1v) is 14.3. The monoisotopic (exact) mass is 543 g/mol. The fourth-order valence-electron chi connectivity index (χ4n) is 6.04. The standard InChI is InChI=1S/C32H41N5O3/c1-21(22-10-6-4-5-7-11-22)40-26-15-9-13-24(17-26)23-12-8-14-25(16-23)37-31(29(19-35-37)32(38)39-3)28-18-27(28)30(33)20-36(2)34/h8-9,12-17,19-22,27-28H,4-7,10-11,18,33-34H2,1-3H3/b30-20-/t21?,27-,28?/m1/s1. The van der Waals surface area contributed by atoms with Crippen LogP contribution in [-0.2, 0) is 4.74 Å². The first-order valence-electron chi connectivity index (χ1n) is 14.3. The van der Waals surface area contributed by atoms with Crippen molar-refractivity contribution >= 4 is 5.97 Å². The van der Waals surface area contributed by atoms with Crippen molar-refractivity contribution in [2.24, 2.45) is 23.4 Å². The summed E-state index contributed by atoms with van der Waals surface area (Å²) in [5.74, 6) is 6.98. The van der Waals surface area contributed by atoms with Crippen LogP contribution in [0.1, 0.15) is 73.8 Å². The molecule has 8 heteroatoms. The van der Waals surface area contributed by atoms with E-state index in [2.05, 4.69) is 36.3 Å². The van der Waals surface area contributed by atoms with Gasteiger partial charge in [-0.15, -0.1) is 0 Å². The van der Waals surface area contributed by atoms with Gasteiger partial charge in [0.1, 0.15) is 11.3 Å². The normalized spacial score (nSPS) is 20.4. The highest BCUT2D eigenvalue weighted by Gasteiger charge is 2.45. The zero-order valence-corrected chi connectivity index (χ0v) is 23.8. The van der Waals surface area contributed by atoms with Crippen LogP contribution in [0.15, 0.2) is 66.6 Å². The smallest absolute Gasteiger partial charge is 0.341 e. The number of nitrogens with two attached hydrogens (primary N) is 2. The summed E-state index contributed by atoms with van der Waals surface area (Å²) in [5, 5.41) is 6.06. The topological polar surface area (TPSA) is 109 Å². The molecule has 2 aromatic carbocycles. The number of benzene rings is 2. The first-order chi connectivity index (χ1) is 19.4. The zero-order chi connectivity index (χ0) is 28.2. The summed E-state index contributed by atoms with van der Waals surface area (Å²) in [6, 6.07) is 16.5. The van der Waals surface area contributed by atoms with Crippen molar-refractivity contribution < 1.29 is 14.3 Å². The number of nitrogens with zero attached hydrogens (tertiary/aromatic N) is 3. The molecule has 0 bridgehead atoms. The van der Waals surface area contributed by atoms with Gasteiger partial charge in [-0.3, -0.25) is 0 Å². The molecule has 2 unspecified atom stereocenters. The van der Waals surface area contributed by atoms with Crippen LogP contribution in [0.5, 0.6) is 5.75 Å². The van der Waals surface area contributed by atoms with Gasteiger partial charge in [0.2, 0.25) is 0 Å². The van der Waals surface area contributed by atoms with Crippen LogP contribution in [0.4, 0.5) is 0 Å². The Labute approximate surface area is 236 Å². The Kier molecular flexibility index (Phi) is 8.45. The number of hydrogen-bond acceptors (Lipinski definition) is 7. The maximum atomic E-state index is 12.6. The summed E-state index contributed by atoms with van der Waals surface area (Å²) in [5.41, 5.74) is 11.2. The lowest BCUT2D eigenvalue weighted by molar-refractivity contribution is 0.0599. The van der Waals surface area contributed by atoms with E-state index in [1.807, 2.05) is 28.9 Å². The van der Waals surface area contributed by atoms with E-state index in [1.54, 1.807) is 19.4 Å². The number of aromatic nitrogens is 2. The van der Waals surface area contributed by atoms with Crippen molar-refractivity contribution in [1.29, 1.82) is 0 Å². The molecule has 2 saturated carbocycles. The average Bonchev–Trinajstić information content (AvgIpc) is 3.70. The Hall–Kier alpha value is -3.78. The lowest BCUT2D eigenvalue weighted by Crippen LogP contribution is -2.23. The van der Waals surface area contributed by atoms with Crippen molar-refractivity contribution in [3.63, 3.8) is 0 Å². The second-order valence-electron chi connectivity index (χ2n) is 11.2. The van der Waals surface area contributed by atoms with Gasteiger partial charge >= 0.3 is 5.97 Å². The number of hydrazine groups is 1. The lowest BCUT2D eigenvalue weighted by atomic mass is 9.95. The highest BCUT2D eigenvalue weighted by Crippen LogP contribution is 2.52. The molecule has 0 amide bonds. The summed E-state index contributed by atoms with van der Waals surface area (Å²) >= 11 is 0. The minimum absolute atomic E-state index is 0.0404. The molecule has 1 aromatic heterocycles. The molecule has 3 atom stereocenters. The third kappa shape index (κ3) is 6.17. The fourth-order valence-corrected chi connectivity index (χ4v) is 6.04. The molecule has 40 heavy (non-hydrogen) atoms. The molecule has 2 aliphatic carbocycles. The van der Waals surface area contributed by atoms with E-state index >= 15 is 0 Å². The van der Waals surface area contributed by atoms with Gasteiger partial charge in [0.05, 0.1) is 30.8 Å². The molecule has 8 nitrogen and oxygen atoms in total. The van der Waals surface area contributed by atoms with Gasteiger partial charge in [-0.05, 0) is 67.5 Å². The molecule has 4 N–H and O–H groups in total. The van der Waals surface area contributed by atoms with Crippen LogP contribution in [0, 0.1) is 11.8 Å². The van der Waals surface area contributed by atoms with E-state index < -0.39 is 5.97 Å². The third-order valence-corrected chi connectivity index (χ3v) is 8.28. The van der Waals surface area contributed by atoms with Gasteiger partial charge in [-0.1, -0.05) is 49.9 Å². The van der Waals surface area contributed by atoms with Crippen LogP contribution in [0.25, 0.3) is 16.8 Å². The summed E-state index contributed by atoms with van der Waals surface area (Å²) in [7, 11) is 3.12. The lowest BCUT2D eigenvalue weighted by Gasteiger charge is -2.24. The maximum absolute atomic E-state index is 12.6. The molecular weight excluding hydrogens is 502 g/mol. The number of rotatable bonds is 9. The number of esters is 1. The number of carbonyl (C=O) groups excluding carboxylic acids is 1.